The summed E-state index contributed by atoms with van der Waals surface area (Å²) in [7, 11) is 0. The van der Waals surface area contributed by atoms with Crippen molar-refractivity contribution in [3.8, 4) is 11.5 Å². The van der Waals surface area contributed by atoms with Gasteiger partial charge in [-0.3, -0.25) is 4.79 Å². The van der Waals surface area contributed by atoms with Crippen LogP contribution in [0.1, 0.15) is 57.3 Å². The third kappa shape index (κ3) is 5.13. The molecule has 0 spiro atoms. The first kappa shape index (κ1) is 19.3. The summed E-state index contributed by atoms with van der Waals surface area (Å²) < 4.78 is 11.3. The minimum atomic E-state index is -0.361. The number of carbonyl (C=O) groups is 1. The zero-order valence-electron chi connectivity index (χ0n) is 14.8. The molecule has 0 aliphatic heterocycles. The Labute approximate surface area is 139 Å². The second-order valence-electron chi connectivity index (χ2n) is 5.59. The van der Waals surface area contributed by atoms with Gasteiger partial charge in [0.2, 0.25) is 0 Å². The number of hydrogen-bond donors (Lipinski definition) is 2. The summed E-state index contributed by atoms with van der Waals surface area (Å²) in [5.41, 5.74) is 6.04. The van der Waals surface area contributed by atoms with E-state index in [2.05, 4.69) is 5.32 Å². The molecule has 1 amide bonds. The number of carbonyl (C=O) groups excluding carboxylic acids is 1. The fraction of sp³-hybridized carbons (Fsp3) is 0.611. The molecule has 0 aliphatic carbocycles. The highest BCUT2D eigenvalue weighted by molar-refractivity contribution is 5.95. The van der Waals surface area contributed by atoms with Crippen LogP contribution in [0.5, 0.6) is 11.5 Å². The first-order valence-electron chi connectivity index (χ1n) is 8.48. The number of nitrogens with one attached hydrogen (secondary N) is 1. The van der Waals surface area contributed by atoms with Gasteiger partial charge < -0.3 is 20.5 Å². The molecule has 0 saturated heterocycles. The Morgan fingerprint density at radius 1 is 1.13 bits per heavy atom. The lowest BCUT2D eigenvalue weighted by molar-refractivity contribution is 0.0894. The summed E-state index contributed by atoms with van der Waals surface area (Å²) in [4.78, 5) is 12.6. The van der Waals surface area contributed by atoms with E-state index in [0.29, 0.717) is 36.8 Å². The second kappa shape index (κ2) is 9.40. The van der Waals surface area contributed by atoms with Crippen LogP contribution >= 0.6 is 0 Å². The lowest BCUT2D eigenvalue weighted by atomic mass is 9.92. The van der Waals surface area contributed by atoms with E-state index in [9.17, 15) is 4.79 Å². The molecule has 0 radical (unpaired) electrons. The van der Waals surface area contributed by atoms with Crippen LogP contribution in [0.2, 0.25) is 0 Å². The van der Waals surface area contributed by atoms with Crippen molar-refractivity contribution in [1.82, 2.24) is 5.32 Å². The highest BCUT2D eigenvalue weighted by Gasteiger charge is 2.27. The Hall–Kier alpha value is -1.75. The van der Waals surface area contributed by atoms with Gasteiger partial charge in [-0.05, 0) is 44.4 Å². The number of nitrogens with two attached hydrogens (primary N) is 1. The zero-order chi connectivity index (χ0) is 17.3. The molecule has 0 fully saturated rings. The molecule has 5 nitrogen and oxygen atoms in total. The summed E-state index contributed by atoms with van der Waals surface area (Å²) in [6.07, 6.45) is 2.50. The van der Waals surface area contributed by atoms with Crippen LogP contribution in [0.3, 0.4) is 0 Å². The second-order valence-corrected chi connectivity index (χ2v) is 5.59. The number of amides is 1. The molecule has 0 aliphatic rings. The normalized spacial score (nSPS) is 11.2. The van der Waals surface area contributed by atoms with Gasteiger partial charge in [0, 0.05) is 12.1 Å². The molecule has 1 aromatic carbocycles. The fourth-order valence-corrected chi connectivity index (χ4v) is 2.33. The van der Waals surface area contributed by atoms with Gasteiger partial charge in [0.1, 0.15) is 0 Å². The van der Waals surface area contributed by atoms with E-state index in [1.54, 1.807) is 18.2 Å². The Balaban J connectivity index is 2.98. The van der Waals surface area contributed by atoms with Gasteiger partial charge >= 0.3 is 0 Å². The quantitative estimate of drug-likeness (QED) is 0.694. The zero-order valence-corrected chi connectivity index (χ0v) is 14.8. The molecule has 0 saturated carbocycles. The van der Waals surface area contributed by atoms with Crippen LogP contribution in [-0.2, 0) is 0 Å². The van der Waals surface area contributed by atoms with Gasteiger partial charge in [-0.1, -0.05) is 20.8 Å². The van der Waals surface area contributed by atoms with Crippen molar-refractivity contribution < 1.29 is 14.3 Å². The molecule has 0 atom stereocenters. The summed E-state index contributed by atoms with van der Waals surface area (Å²) in [6.45, 7) is 9.57. The number of ether oxygens (including phenoxy) is 2. The Bertz CT molecular complexity index is 491. The molecule has 5 heteroatoms. The summed E-state index contributed by atoms with van der Waals surface area (Å²) >= 11 is 0. The van der Waals surface area contributed by atoms with Crippen molar-refractivity contribution in [1.29, 1.82) is 0 Å². The maximum absolute atomic E-state index is 12.6. The van der Waals surface area contributed by atoms with E-state index in [4.69, 9.17) is 15.2 Å². The molecule has 1 rings (SSSR count). The molecule has 1 aromatic rings. The Morgan fingerprint density at radius 2 is 1.83 bits per heavy atom. The molecule has 23 heavy (non-hydrogen) atoms. The minimum Gasteiger partial charge on any atom is -0.490 e. The maximum atomic E-state index is 12.6. The number of rotatable bonds is 10. The van der Waals surface area contributed by atoms with Crippen molar-refractivity contribution >= 4 is 5.91 Å². The lowest BCUT2D eigenvalue weighted by Gasteiger charge is -2.31. The average molecular weight is 322 g/mol. The van der Waals surface area contributed by atoms with E-state index >= 15 is 0 Å². The molecule has 130 valence electrons. The monoisotopic (exact) mass is 322 g/mol. The highest BCUT2D eigenvalue weighted by Crippen LogP contribution is 2.29. The molecule has 0 aromatic heterocycles. The van der Waals surface area contributed by atoms with E-state index < -0.39 is 0 Å². The molecule has 0 heterocycles. The smallest absolute Gasteiger partial charge is 0.251 e. The van der Waals surface area contributed by atoms with Crippen molar-refractivity contribution in [2.75, 3.05) is 19.8 Å². The van der Waals surface area contributed by atoms with Crippen LogP contribution in [0.15, 0.2) is 18.2 Å². The van der Waals surface area contributed by atoms with E-state index in [1.807, 2.05) is 27.7 Å². The lowest BCUT2D eigenvalue weighted by Crippen LogP contribution is -2.52. The summed E-state index contributed by atoms with van der Waals surface area (Å²) in [6, 6.07) is 5.28. The van der Waals surface area contributed by atoms with E-state index in [0.717, 1.165) is 19.3 Å². The van der Waals surface area contributed by atoms with Gasteiger partial charge in [-0.15, -0.1) is 0 Å². The van der Waals surface area contributed by atoms with Crippen LogP contribution in [-0.4, -0.2) is 31.2 Å². The molecule has 0 unspecified atom stereocenters. The SMILES string of the molecule is CCCOc1ccc(C(=O)NC(CC)(CC)CN)cc1OCC. The first-order valence-corrected chi connectivity index (χ1v) is 8.48. The third-order valence-corrected chi connectivity index (χ3v) is 4.09. The van der Waals surface area contributed by atoms with Crippen LogP contribution in [0.25, 0.3) is 0 Å². The van der Waals surface area contributed by atoms with Gasteiger partial charge in [-0.2, -0.15) is 0 Å². The van der Waals surface area contributed by atoms with Crippen molar-refractivity contribution in [2.45, 2.75) is 52.5 Å². The first-order chi connectivity index (χ1) is 11.1. The van der Waals surface area contributed by atoms with Gasteiger partial charge in [0.25, 0.3) is 5.91 Å². The molecular weight excluding hydrogens is 292 g/mol. The van der Waals surface area contributed by atoms with Gasteiger partial charge in [0.15, 0.2) is 11.5 Å². The summed E-state index contributed by atoms with van der Waals surface area (Å²) in [5, 5.41) is 3.07. The average Bonchev–Trinajstić information content (AvgIpc) is 2.58. The predicted octanol–water partition coefficient (Wildman–Crippen LogP) is 3.12. The van der Waals surface area contributed by atoms with Crippen molar-refractivity contribution in [3.63, 3.8) is 0 Å². The Kier molecular flexibility index (Phi) is 7.89. The minimum absolute atomic E-state index is 0.137. The van der Waals surface area contributed by atoms with Crippen LogP contribution < -0.4 is 20.5 Å². The van der Waals surface area contributed by atoms with Crippen LogP contribution in [0.4, 0.5) is 0 Å². The van der Waals surface area contributed by atoms with Gasteiger partial charge in [-0.25, -0.2) is 0 Å². The molecular formula is C18H30N2O3. The summed E-state index contributed by atoms with van der Waals surface area (Å²) in [5.74, 6) is 1.13. The fourth-order valence-electron chi connectivity index (χ4n) is 2.33. The van der Waals surface area contributed by atoms with Gasteiger partial charge in [0.05, 0.1) is 18.8 Å². The molecule has 3 N–H and O–H groups in total. The van der Waals surface area contributed by atoms with Crippen molar-refractivity contribution in [2.24, 2.45) is 5.73 Å². The molecule has 0 bridgehead atoms. The Morgan fingerprint density at radius 3 is 2.35 bits per heavy atom. The standard InChI is InChI=1S/C18H30N2O3/c1-5-11-23-15-10-9-14(12-16(15)22-8-4)17(21)20-18(6-2,7-3)13-19/h9-10,12H,5-8,11,13,19H2,1-4H3,(H,20,21). The van der Waals surface area contributed by atoms with Crippen molar-refractivity contribution in [3.05, 3.63) is 23.8 Å². The third-order valence-electron chi connectivity index (χ3n) is 4.09. The van der Waals surface area contributed by atoms with E-state index in [-0.39, 0.29) is 11.4 Å². The number of hydrogen-bond acceptors (Lipinski definition) is 4. The predicted molar refractivity (Wildman–Crippen MR) is 93.2 cm³/mol. The van der Waals surface area contributed by atoms with Crippen LogP contribution in [0, 0.1) is 0 Å². The number of benzene rings is 1. The largest absolute Gasteiger partial charge is 0.490 e. The highest BCUT2D eigenvalue weighted by atomic mass is 16.5. The van der Waals surface area contributed by atoms with E-state index in [1.165, 1.54) is 0 Å². The topological polar surface area (TPSA) is 73.6 Å². The maximum Gasteiger partial charge on any atom is 0.251 e.